The molecule has 2 N–H and O–H groups in total. The molecule has 1 heterocycles. The molecule has 0 aliphatic heterocycles. The van der Waals surface area contributed by atoms with Gasteiger partial charge in [-0.2, -0.15) is 0 Å². The van der Waals surface area contributed by atoms with Crippen LogP contribution < -0.4 is 10.6 Å². The Morgan fingerprint density at radius 3 is 2.73 bits per heavy atom. The summed E-state index contributed by atoms with van der Waals surface area (Å²) in [6.07, 6.45) is 1.86. The Kier molecular flexibility index (Phi) is 5.66. The summed E-state index contributed by atoms with van der Waals surface area (Å²) < 4.78 is 13.7. The van der Waals surface area contributed by atoms with Crippen molar-refractivity contribution in [2.45, 2.75) is 26.2 Å². The normalized spacial score (nSPS) is 10.3. The molecule has 2 aromatic rings. The van der Waals surface area contributed by atoms with Crippen molar-refractivity contribution in [3.05, 3.63) is 46.4 Å². The number of nitrogens with one attached hydrogen (secondary N) is 2. The molecule has 1 aromatic heterocycles. The highest BCUT2D eigenvalue weighted by atomic mass is 32.1. The zero-order chi connectivity index (χ0) is 15.9. The summed E-state index contributed by atoms with van der Waals surface area (Å²) in [5, 5.41) is 7.09. The number of amides is 2. The summed E-state index contributed by atoms with van der Waals surface area (Å²) >= 11 is 1.66. The summed E-state index contributed by atoms with van der Waals surface area (Å²) in [7, 11) is 0. The first-order valence-corrected chi connectivity index (χ1v) is 7.82. The lowest BCUT2D eigenvalue weighted by molar-refractivity contribution is -0.116. The van der Waals surface area contributed by atoms with E-state index in [4.69, 9.17) is 0 Å². The molecule has 1 aromatic carbocycles. The Bertz CT molecular complexity index is 656. The van der Waals surface area contributed by atoms with Gasteiger partial charge < -0.3 is 10.6 Å². The van der Waals surface area contributed by atoms with Crippen molar-refractivity contribution in [3.63, 3.8) is 0 Å². The number of thiophene rings is 1. The van der Waals surface area contributed by atoms with Gasteiger partial charge in [0.1, 0.15) is 5.82 Å². The molecule has 0 atom stereocenters. The lowest BCUT2D eigenvalue weighted by atomic mass is 10.2. The highest BCUT2D eigenvalue weighted by Gasteiger charge is 2.09. The number of hydrogen-bond acceptors (Lipinski definition) is 3. The number of carbonyl (C=O) groups excluding carboxylic acids is 2. The minimum Gasteiger partial charge on any atom is -0.326 e. The number of hydrogen-bond donors (Lipinski definition) is 2. The molecular weight excluding hydrogens is 303 g/mol. The Morgan fingerprint density at radius 1 is 1.23 bits per heavy atom. The number of benzene rings is 1. The van der Waals surface area contributed by atoms with Crippen molar-refractivity contribution in [2.24, 2.45) is 0 Å². The quantitative estimate of drug-likeness (QED) is 0.850. The fourth-order valence-electron chi connectivity index (χ4n) is 1.99. The number of carbonyl (C=O) groups is 2. The topological polar surface area (TPSA) is 58.2 Å². The standard InChI is InChI=1S/C16H17FN2O2S/c1-11(20)18-12-7-8-14(17)15(10-12)19-16(21)6-2-4-13-5-3-9-22-13/h3,5,7-10H,2,4,6H2,1H3,(H,18,20)(H,19,21). The summed E-state index contributed by atoms with van der Waals surface area (Å²) in [4.78, 5) is 24.1. The fourth-order valence-corrected chi connectivity index (χ4v) is 2.74. The summed E-state index contributed by atoms with van der Waals surface area (Å²) in [6, 6.07) is 8.08. The van der Waals surface area contributed by atoms with Gasteiger partial charge in [-0.15, -0.1) is 11.3 Å². The maximum Gasteiger partial charge on any atom is 0.224 e. The van der Waals surface area contributed by atoms with Crippen molar-refractivity contribution >= 4 is 34.5 Å². The van der Waals surface area contributed by atoms with Crippen LogP contribution in [0.3, 0.4) is 0 Å². The maximum absolute atomic E-state index is 13.7. The third-order valence-corrected chi connectivity index (χ3v) is 3.90. The molecule has 2 amide bonds. The highest BCUT2D eigenvalue weighted by Crippen LogP contribution is 2.20. The molecule has 2 rings (SSSR count). The zero-order valence-corrected chi connectivity index (χ0v) is 13.0. The van der Waals surface area contributed by atoms with E-state index in [0.29, 0.717) is 18.5 Å². The number of halogens is 1. The first kappa shape index (κ1) is 16.2. The van der Waals surface area contributed by atoms with E-state index in [1.54, 1.807) is 11.3 Å². The molecule has 0 aliphatic rings. The molecule has 0 bridgehead atoms. The maximum atomic E-state index is 13.7. The van der Waals surface area contributed by atoms with Crippen molar-refractivity contribution in [1.29, 1.82) is 0 Å². The van der Waals surface area contributed by atoms with Gasteiger partial charge in [0.2, 0.25) is 11.8 Å². The van der Waals surface area contributed by atoms with Gasteiger partial charge in [0.05, 0.1) is 5.69 Å². The van der Waals surface area contributed by atoms with Crippen LogP contribution in [-0.2, 0) is 16.0 Å². The van der Waals surface area contributed by atoms with Gasteiger partial charge in [0.25, 0.3) is 0 Å². The molecule has 0 fully saturated rings. The van der Waals surface area contributed by atoms with Crippen molar-refractivity contribution in [3.8, 4) is 0 Å². The highest BCUT2D eigenvalue weighted by molar-refractivity contribution is 7.09. The van der Waals surface area contributed by atoms with Crippen LogP contribution in [0.15, 0.2) is 35.7 Å². The van der Waals surface area contributed by atoms with Crippen LogP contribution in [0.2, 0.25) is 0 Å². The predicted octanol–water partition coefficient (Wildman–Crippen LogP) is 3.81. The van der Waals surface area contributed by atoms with Gasteiger partial charge in [-0.25, -0.2) is 4.39 Å². The van der Waals surface area contributed by atoms with Gasteiger partial charge in [-0.3, -0.25) is 9.59 Å². The fraction of sp³-hybridized carbons (Fsp3) is 0.250. The van der Waals surface area contributed by atoms with E-state index in [9.17, 15) is 14.0 Å². The molecule has 0 saturated heterocycles. The van der Waals surface area contributed by atoms with Crippen molar-refractivity contribution < 1.29 is 14.0 Å². The Hall–Kier alpha value is -2.21. The van der Waals surface area contributed by atoms with E-state index in [2.05, 4.69) is 10.6 Å². The molecular formula is C16H17FN2O2S. The van der Waals surface area contributed by atoms with Crippen molar-refractivity contribution in [1.82, 2.24) is 0 Å². The van der Waals surface area contributed by atoms with Crippen LogP contribution >= 0.6 is 11.3 Å². The third kappa shape index (κ3) is 4.96. The summed E-state index contributed by atoms with van der Waals surface area (Å²) in [5.74, 6) is -1.02. The second kappa shape index (κ2) is 7.70. The van der Waals surface area contributed by atoms with E-state index in [1.165, 1.54) is 30.0 Å². The van der Waals surface area contributed by atoms with Gasteiger partial charge in [-0.1, -0.05) is 6.07 Å². The molecule has 4 nitrogen and oxygen atoms in total. The Labute approximate surface area is 132 Å². The van der Waals surface area contributed by atoms with Gasteiger partial charge in [0, 0.05) is 23.9 Å². The SMILES string of the molecule is CC(=O)Nc1ccc(F)c(NC(=O)CCCc2cccs2)c1. The van der Waals surface area contributed by atoms with Crippen LogP contribution in [0.5, 0.6) is 0 Å². The minimum absolute atomic E-state index is 0.0763. The van der Waals surface area contributed by atoms with Crippen molar-refractivity contribution in [2.75, 3.05) is 10.6 Å². The monoisotopic (exact) mass is 320 g/mol. The minimum atomic E-state index is -0.527. The Balaban J connectivity index is 1.88. The van der Waals surface area contributed by atoms with Gasteiger partial charge >= 0.3 is 0 Å². The first-order valence-electron chi connectivity index (χ1n) is 6.94. The molecule has 0 unspecified atom stereocenters. The number of rotatable bonds is 6. The van der Waals surface area contributed by atoms with E-state index in [-0.39, 0.29) is 17.5 Å². The average Bonchev–Trinajstić information content (AvgIpc) is 2.95. The first-order chi connectivity index (χ1) is 10.5. The summed E-state index contributed by atoms with van der Waals surface area (Å²) in [6.45, 7) is 1.37. The van der Waals surface area contributed by atoms with E-state index >= 15 is 0 Å². The van der Waals surface area contributed by atoms with E-state index in [1.807, 2.05) is 17.5 Å². The van der Waals surface area contributed by atoms with Crippen LogP contribution in [0.4, 0.5) is 15.8 Å². The second-order valence-electron chi connectivity index (χ2n) is 4.86. The van der Waals surface area contributed by atoms with Crippen LogP contribution in [0.1, 0.15) is 24.6 Å². The molecule has 0 radical (unpaired) electrons. The number of aryl methyl sites for hydroxylation is 1. The van der Waals surface area contributed by atoms with E-state index in [0.717, 1.165) is 6.42 Å². The molecule has 0 spiro atoms. The molecule has 22 heavy (non-hydrogen) atoms. The average molecular weight is 320 g/mol. The third-order valence-electron chi connectivity index (χ3n) is 2.97. The van der Waals surface area contributed by atoms with E-state index < -0.39 is 5.82 Å². The van der Waals surface area contributed by atoms with Gasteiger partial charge in [-0.05, 0) is 42.5 Å². The summed E-state index contributed by atoms with van der Waals surface area (Å²) in [5.41, 5.74) is 0.523. The molecule has 6 heteroatoms. The predicted molar refractivity (Wildman–Crippen MR) is 86.6 cm³/mol. The second-order valence-corrected chi connectivity index (χ2v) is 5.89. The molecule has 0 aliphatic carbocycles. The van der Waals surface area contributed by atoms with Crippen LogP contribution in [-0.4, -0.2) is 11.8 Å². The smallest absolute Gasteiger partial charge is 0.224 e. The molecule has 0 saturated carbocycles. The van der Waals surface area contributed by atoms with Crippen LogP contribution in [0, 0.1) is 5.82 Å². The zero-order valence-electron chi connectivity index (χ0n) is 12.2. The number of anilines is 2. The lowest BCUT2D eigenvalue weighted by Gasteiger charge is -2.09. The van der Waals surface area contributed by atoms with Gasteiger partial charge in [0.15, 0.2) is 0 Å². The lowest BCUT2D eigenvalue weighted by Crippen LogP contribution is -2.13. The van der Waals surface area contributed by atoms with Crippen LogP contribution in [0.25, 0.3) is 0 Å². The molecule has 116 valence electrons. The Morgan fingerprint density at radius 2 is 2.05 bits per heavy atom. The largest absolute Gasteiger partial charge is 0.326 e.